The van der Waals surface area contributed by atoms with Crippen molar-refractivity contribution in [2.45, 2.75) is 10.8 Å². The highest BCUT2D eigenvalue weighted by Crippen LogP contribution is 2.23. The van der Waals surface area contributed by atoms with Crippen molar-refractivity contribution in [2.75, 3.05) is 0 Å². The highest BCUT2D eigenvalue weighted by molar-refractivity contribution is 7.98. The molecule has 4 heteroatoms. The molecule has 17 heavy (non-hydrogen) atoms. The third-order valence-corrected chi connectivity index (χ3v) is 3.33. The molecule has 86 valence electrons. The number of pyridine rings is 1. The Bertz CT molecular complexity index is 514. The second-order valence-corrected chi connectivity index (χ2v) is 4.46. The fraction of sp³-hybridized carbons (Fsp3) is 0.0769. The monoisotopic (exact) mass is 244 g/mol. The standard InChI is InChI=1S/C13H12N2OS/c14-12(16)11-7-4-8-15-13(11)17-9-10-5-2-1-3-6-10/h1-8H,9H2,(H2,14,16). The van der Waals surface area contributed by atoms with Gasteiger partial charge in [0, 0.05) is 11.9 Å². The molecule has 2 N–H and O–H groups in total. The molecule has 0 aliphatic rings. The number of nitrogens with two attached hydrogens (primary N) is 1. The van der Waals surface area contributed by atoms with Crippen LogP contribution in [-0.2, 0) is 5.75 Å². The van der Waals surface area contributed by atoms with Gasteiger partial charge in [0.1, 0.15) is 5.03 Å². The molecule has 0 spiro atoms. The molecular formula is C13H12N2OS. The minimum absolute atomic E-state index is 0.436. The summed E-state index contributed by atoms with van der Waals surface area (Å²) >= 11 is 1.52. The van der Waals surface area contributed by atoms with Gasteiger partial charge in [0.05, 0.1) is 5.56 Å². The molecule has 0 unspecified atom stereocenters. The molecule has 1 aromatic heterocycles. The van der Waals surface area contributed by atoms with Crippen molar-refractivity contribution in [2.24, 2.45) is 5.73 Å². The Morgan fingerprint density at radius 2 is 1.94 bits per heavy atom. The summed E-state index contributed by atoms with van der Waals surface area (Å²) in [5.41, 5.74) is 6.96. The average Bonchev–Trinajstić information content (AvgIpc) is 2.38. The first-order valence-corrected chi connectivity index (χ1v) is 6.17. The number of thioether (sulfide) groups is 1. The predicted molar refractivity (Wildman–Crippen MR) is 68.8 cm³/mol. The molecule has 0 aliphatic carbocycles. The lowest BCUT2D eigenvalue weighted by Crippen LogP contribution is -2.12. The van der Waals surface area contributed by atoms with Crippen molar-refractivity contribution in [1.82, 2.24) is 4.98 Å². The van der Waals surface area contributed by atoms with Gasteiger partial charge >= 0.3 is 0 Å². The van der Waals surface area contributed by atoms with Gasteiger partial charge in [-0.25, -0.2) is 4.98 Å². The molecule has 1 heterocycles. The molecule has 0 radical (unpaired) electrons. The zero-order valence-electron chi connectivity index (χ0n) is 9.17. The van der Waals surface area contributed by atoms with Gasteiger partial charge in [-0.05, 0) is 17.7 Å². The number of carbonyl (C=O) groups is 1. The molecule has 3 nitrogen and oxygen atoms in total. The number of nitrogens with zero attached hydrogens (tertiary/aromatic N) is 1. The Morgan fingerprint density at radius 1 is 1.18 bits per heavy atom. The van der Waals surface area contributed by atoms with Crippen LogP contribution in [0, 0.1) is 0 Å². The van der Waals surface area contributed by atoms with E-state index >= 15 is 0 Å². The highest BCUT2D eigenvalue weighted by Gasteiger charge is 2.08. The Kier molecular flexibility index (Phi) is 3.77. The zero-order chi connectivity index (χ0) is 12.1. The van der Waals surface area contributed by atoms with Crippen molar-refractivity contribution in [3.63, 3.8) is 0 Å². The van der Waals surface area contributed by atoms with Crippen LogP contribution in [-0.4, -0.2) is 10.9 Å². The largest absolute Gasteiger partial charge is 0.366 e. The summed E-state index contributed by atoms with van der Waals surface area (Å²) in [6.07, 6.45) is 1.67. The molecule has 1 amide bonds. The van der Waals surface area contributed by atoms with E-state index in [1.165, 1.54) is 17.3 Å². The van der Waals surface area contributed by atoms with Gasteiger partial charge in [-0.2, -0.15) is 0 Å². The maximum absolute atomic E-state index is 11.2. The van der Waals surface area contributed by atoms with Gasteiger partial charge < -0.3 is 5.73 Å². The number of amides is 1. The number of hydrogen-bond acceptors (Lipinski definition) is 3. The third kappa shape index (κ3) is 3.07. The van der Waals surface area contributed by atoms with Crippen LogP contribution in [0.25, 0.3) is 0 Å². The van der Waals surface area contributed by atoms with Gasteiger partial charge in [-0.1, -0.05) is 30.3 Å². The topological polar surface area (TPSA) is 56.0 Å². The van der Waals surface area contributed by atoms with Gasteiger partial charge in [-0.3, -0.25) is 4.79 Å². The van der Waals surface area contributed by atoms with E-state index in [1.807, 2.05) is 30.3 Å². The van der Waals surface area contributed by atoms with Crippen LogP contribution in [0.2, 0.25) is 0 Å². The summed E-state index contributed by atoms with van der Waals surface area (Å²) < 4.78 is 0. The SMILES string of the molecule is NC(=O)c1cccnc1SCc1ccccc1. The Balaban J connectivity index is 2.12. The number of aromatic nitrogens is 1. The summed E-state index contributed by atoms with van der Waals surface area (Å²) in [6.45, 7) is 0. The first kappa shape index (κ1) is 11.7. The minimum atomic E-state index is -0.436. The molecule has 0 saturated heterocycles. The normalized spacial score (nSPS) is 10.1. The quantitative estimate of drug-likeness (QED) is 0.840. The fourth-order valence-corrected chi connectivity index (χ4v) is 2.37. The lowest BCUT2D eigenvalue weighted by atomic mass is 10.2. The van der Waals surface area contributed by atoms with Crippen LogP contribution in [0.1, 0.15) is 15.9 Å². The predicted octanol–water partition coefficient (Wildman–Crippen LogP) is 2.47. The van der Waals surface area contributed by atoms with Gasteiger partial charge in [0.25, 0.3) is 5.91 Å². The number of primary amides is 1. The maximum atomic E-state index is 11.2. The van der Waals surface area contributed by atoms with Crippen LogP contribution in [0.3, 0.4) is 0 Å². The third-order valence-electron chi connectivity index (χ3n) is 2.25. The fourth-order valence-electron chi connectivity index (χ4n) is 1.42. The van der Waals surface area contributed by atoms with Crippen molar-refractivity contribution in [3.8, 4) is 0 Å². The smallest absolute Gasteiger partial charge is 0.251 e. The van der Waals surface area contributed by atoms with Crippen LogP contribution in [0.4, 0.5) is 0 Å². The van der Waals surface area contributed by atoms with Crippen LogP contribution in [0.15, 0.2) is 53.7 Å². The van der Waals surface area contributed by atoms with E-state index in [0.717, 1.165) is 5.75 Å². The summed E-state index contributed by atoms with van der Waals surface area (Å²) in [5.74, 6) is 0.340. The average molecular weight is 244 g/mol. The van der Waals surface area contributed by atoms with Crippen molar-refractivity contribution < 1.29 is 4.79 Å². The van der Waals surface area contributed by atoms with Gasteiger partial charge in [0.15, 0.2) is 0 Å². The van der Waals surface area contributed by atoms with Crippen LogP contribution >= 0.6 is 11.8 Å². The van der Waals surface area contributed by atoms with Gasteiger partial charge in [0.2, 0.25) is 0 Å². The molecule has 0 aliphatic heterocycles. The van der Waals surface area contributed by atoms with Crippen molar-refractivity contribution >= 4 is 17.7 Å². The van der Waals surface area contributed by atoms with E-state index < -0.39 is 5.91 Å². The Labute approximate surface area is 104 Å². The zero-order valence-corrected chi connectivity index (χ0v) is 9.98. The van der Waals surface area contributed by atoms with E-state index in [2.05, 4.69) is 4.98 Å². The lowest BCUT2D eigenvalue weighted by molar-refractivity contribution is 0.0997. The minimum Gasteiger partial charge on any atom is -0.366 e. The van der Waals surface area contributed by atoms with Gasteiger partial charge in [-0.15, -0.1) is 11.8 Å². The molecule has 1 aromatic carbocycles. The highest BCUT2D eigenvalue weighted by atomic mass is 32.2. The van der Waals surface area contributed by atoms with Crippen LogP contribution < -0.4 is 5.73 Å². The van der Waals surface area contributed by atoms with E-state index in [0.29, 0.717) is 10.6 Å². The Hall–Kier alpha value is -1.81. The van der Waals surface area contributed by atoms with E-state index in [4.69, 9.17) is 5.73 Å². The van der Waals surface area contributed by atoms with E-state index in [9.17, 15) is 4.79 Å². The second kappa shape index (κ2) is 5.50. The molecule has 0 bridgehead atoms. The molecule has 0 saturated carbocycles. The summed E-state index contributed by atoms with van der Waals surface area (Å²) in [7, 11) is 0. The molecule has 0 fully saturated rings. The number of benzene rings is 1. The summed E-state index contributed by atoms with van der Waals surface area (Å²) in [4.78, 5) is 15.4. The van der Waals surface area contributed by atoms with Crippen LogP contribution in [0.5, 0.6) is 0 Å². The first-order chi connectivity index (χ1) is 8.27. The molecule has 2 rings (SSSR count). The van der Waals surface area contributed by atoms with Crippen molar-refractivity contribution in [3.05, 3.63) is 59.8 Å². The summed E-state index contributed by atoms with van der Waals surface area (Å²) in [6, 6.07) is 13.4. The Morgan fingerprint density at radius 3 is 2.65 bits per heavy atom. The lowest BCUT2D eigenvalue weighted by Gasteiger charge is -2.04. The van der Waals surface area contributed by atoms with E-state index in [1.54, 1.807) is 18.3 Å². The second-order valence-electron chi connectivity index (χ2n) is 3.49. The number of carbonyl (C=O) groups excluding carboxylic acids is 1. The van der Waals surface area contributed by atoms with Crippen molar-refractivity contribution in [1.29, 1.82) is 0 Å². The molecule has 2 aromatic rings. The number of hydrogen-bond donors (Lipinski definition) is 1. The molecular weight excluding hydrogens is 232 g/mol. The maximum Gasteiger partial charge on any atom is 0.251 e. The number of rotatable bonds is 4. The summed E-state index contributed by atoms with van der Waals surface area (Å²) in [5, 5.41) is 0.684. The molecule has 0 atom stereocenters. The first-order valence-electron chi connectivity index (χ1n) is 5.19. The van der Waals surface area contributed by atoms with E-state index in [-0.39, 0.29) is 0 Å².